The van der Waals surface area contributed by atoms with Gasteiger partial charge in [0.2, 0.25) is 0 Å². The lowest BCUT2D eigenvalue weighted by molar-refractivity contribution is 0.0533. The van der Waals surface area contributed by atoms with Crippen LogP contribution in [0.4, 0.5) is 0 Å². The summed E-state index contributed by atoms with van der Waals surface area (Å²) in [5.74, 6) is -0.375. The van der Waals surface area contributed by atoms with Crippen LogP contribution in [-0.2, 0) is 4.57 Å². The first-order chi connectivity index (χ1) is 14.2. The first kappa shape index (κ1) is 20.6. The second-order valence-electron chi connectivity index (χ2n) is 7.09. The van der Waals surface area contributed by atoms with Gasteiger partial charge in [-0.15, -0.1) is 0 Å². The van der Waals surface area contributed by atoms with Crippen molar-refractivity contribution in [2.24, 2.45) is 0 Å². The molecule has 10 heteroatoms. The standard InChI is InChI=1S/C20H19ClN3O5P/c21-15-3-6-17-14(11-15)12-18(22-17)20(26)24-9-7-23(8-10-24)19(25)13-1-4-16(5-2-13)30(27,28)29/h1-6,11-12,22H,7-10H2,(H2,27,28,29). The lowest BCUT2D eigenvalue weighted by Crippen LogP contribution is -2.50. The van der Waals surface area contributed by atoms with Crippen molar-refractivity contribution in [2.45, 2.75) is 0 Å². The first-order valence-electron chi connectivity index (χ1n) is 9.25. The molecular formula is C20H19ClN3O5P. The number of nitrogens with one attached hydrogen (secondary N) is 1. The fraction of sp³-hybridized carbons (Fsp3) is 0.200. The molecule has 3 aromatic rings. The number of hydrogen-bond acceptors (Lipinski definition) is 3. The van der Waals surface area contributed by atoms with E-state index in [2.05, 4.69) is 4.98 Å². The van der Waals surface area contributed by atoms with Crippen molar-refractivity contribution in [1.82, 2.24) is 14.8 Å². The monoisotopic (exact) mass is 447 g/mol. The van der Waals surface area contributed by atoms with Gasteiger partial charge in [-0.1, -0.05) is 11.6 Å². The molecule has 1 aliphatic heterocycles. The molecule has 0 saturated carbocycles. The highest BCUT2D eigenvalue weighted by Gasteiger charge is 2.27. The highest BCUT2D eigenvalue weighted by atomic mass is 35.5. The molecule has 4 rings (SSSR count). The van der Waals surface area contributed by atoms with Crippen LogP contribution in [0.2, 0.25) is 5.02 Å². The molecule has 2 amide bonds. The summed E-state index contributed by atoms with van der Waals surface area (Å²) < 4.78 is 11.3. The lowest BCUT2D eigenvalue weighted by Gasteiger charge is -2.34. The van der Waals surface area contributed by atoms with Crippen LogP contribution >= 0.6 is 19.2 Å². The maximum atomic E-state index is 12.8. The molecule has 0 unspecified atom stereocenters. The maximum absolute atomic E-state index is 12.8. The summed E-state index contributed by atoms with van der Waals surface area (Å²) in [7, 11) is -4.34. The van der Waals surface area contributed by atoms with Gasteiger partial charge in [0.05, 0.1) is 5.30 Å². The van der Waals surface area contributed by atoms with Gasteiger partial charge in [-0.3, -0.25) is 14.2 Å². The van der Waals surface area contributed by atoms with Crippen LogP contribution < -0.4 is 5.30 Å². The Morgan fingerprint density at radius 1 is 0.900 bits per heavy atom. The number of aromatic nitrogens is 1. The highest BCUT2D eigenvalue weighted by molar-refractivity contribution is 7.60. The molecule has 0 aliphatic carbocycles. The zero-order valence-electron chi connectivity index (χ0n) is 15.8. The number of H-pyrrole nitrogens is 1. The minimum atomic E-state index is -4.34. The number of piperazine rings is 1. The molecule has 0 atom stereocenters. The smallest absolute Gasteiger partial charge is 0.351 e. The number of fused-ring (bicyclic) bond motifs is 1. The normalized spacial score (nSPS) is 14.9. The SMILES string of the molecule is O=C(c1ccc(P(=O)(O)O)cc1)N1CCN(C(=O)c2cc3cc(Cl)ccc3[nH]2)CC1. The molecular weight excluding hydrogens is 429 g/mol. The summed E-state index contributed by atoms with van der Waals surface area (Å²) >= 11 is 6.00. The number of rotatable bonds is 3. The van der Waals surface area contributed by atoms with Crippen molar-refractivity contribution in [3.8, 4) is 0 Å². The van der Waals surface area contributed by atoms with Crippen LogP contribution in [0.5, 0.6) is 0 Å². The van der Waals surface area contributed by atoms with Gasteiger partial charge in [-0.05, 0) is 48.5 Å². The van der Waals surface area contributed by atoms with Crippen LogP contribution in [0.1, 0.15) is 20.8 Å². The van der Waals surface area contributed by atoms with Gasteiger partial charge in [0.1, 0.15) is 5.69 Å². The third kappa shape index (κ3) is 4.13. The second kappa shape index (κ2) is 7.89. The van der Waals surface area contributed by atoms with Crippen molar-refractivity contribution in [1.29, 1.82) is 0 Å². The van der Waals surface area contributed by atoms with E-state index in [0.29, 0.717) is 42.5 Å². The number of hydrogen-bond donors (Lipinski definition) is 3. The van der Waals surface area contributed by atoms with Crippen molar-refractivity contribution >= 4 is 47.2 Å². The van der Waals surface area contributed by atoms with Crippen LogP contribution in [0.25, 0.3) is 10.9 Å². The van der Waals surface area contributed by atoms with Gasteiger partial charge in [-0.25, -0.2) is 0 Å². The Bertz CT molecular complexity index is 1160. The Labute approximate surface area is 177 Å². The third-order valence-corrected chi connectivity index (χ3v) is 6.32. The fourth-order valence-electron chi connectivity index (χ4n) is 3.48. The number of benzene rings is 2. The number of carbonyl (C=O) groups is 2. The van der Waals surface area contributed by atoms with Gasteiger partial charge in [0.15, 0.2) is 0 Å². The summed E-state index contributed by atoms with van der Waals surface area (Å²) in [6.07, 6.45) is 0. The molecule has 1 saturated heterocycles. The van der Waals surface area contributed by atoms with Gasteiger partial charge in [-0.2, -0.15) is 0 Å². The Kier molecular flexibility index (Phi) is 5.42. The molecule has 8 nitrogen and oxygen atoms in total. The van der Waals surface area contributed by atoms with E-state index in [1.807, 2.05) is 6.07 Å². The lowest BCUT2D eigenvalue weighted by atomic mass is 10.1. The third-order valence-electron chi connectivity index (χ3n) is 5.12. The fourth-order valence-corrected chi connectivity index (χ4v) is 4.20. The topological polar surface area (TPSA) is 114 Å². The Morgan fingerprint density at radius 3 is 2.10 bits per heavy atom. The Hall–Kier alpha value is -2.64. The van der Waals surface area contributed by atoms with Crippen molar-refractivity contribution < 1.29 is 23.9 Å². The summed E-state index contributed by atoms with van der Waals surface area (Å²) in [6, 6.07) is 12.5. The number of halogens is 1. The Balaban J connectivity index is 1.40. The van der Waals surface area contributed by atoms with Crippen LogP contribution in [0.3, 0.4) is 0 Å². The van der Waals surface area contributed by atoms with Crippen molar-refractivity contribution in [3.63, 3.8) is 0 Å². The molecule has 1 aliphatic rings. The van der Waals surface area contributed by atoms with E-state index >= 15 is 0 Å². The summed E-state index contributed by atoms with van der Waals surface area (Å²) in [6.45, 7) is 1.52. The van der Waals surface area contributed by atoms with Crippen LogP contribution in [0, 0.1) is 0 Å². The average Bonchev–Trinajstić information content (AvgIpc) is 3.15. The molecule has 0 bridgehead atoms. The van der Waals surface area contributed by atoms with Crippen LogP contribution in [0.15, 0.2) is 48.5 Å². The number of aromatic amines is 1. The molecule has 1 aromatic heterocycles. The predicted octanol–water partition coefficient (Wildman–Crippen LogP) is 2.22. The summed E-state index contributed by atoms with van der Waals surface area (Å²) in [5, 5.41) is 1.33. The van der Waals surface area contributed by atoms with Gasteiger partial charge >= 0.3 is 7.60 Å². The van der Waals surface area contributed by atoms with Gasteiger partial charge in [0, 0.05) is 47.7 Å². The zero-order valence-corrected chi connectivity index (χ0v) is 17.4. The van der Waals surface area contributed by atoms with Gasteiger partial charge < -0.3 is 24.6 Å². The molecule has 0 radical (unpaired) electrons. The summed E-state index contributed by atoms with van der Waals surface area (Å²) in [4.78, 5) is 50.2. The van der Waals surface area contributed by atoms with Crippen molar-refractivity contribution in [3.05, 3.63) is 64.8 Å². The van der Waals surface area contributed by atoms with E-state index < -0.39 is 7.60 Å². The molecule has 3 N–H and O–H groups in total. The van der Waals surface area contributed by atoms with E-state index in [1.54, 1.807) is 28.0 Å². The van der Waals surface area contributed by atoms with E-state index in [-0.39, 0.29) is 17.1 Å². The molecule has 0 spiro atoms. The van der Waals surface area contributed by atoms with Crippen LogP contribution in [-0.4, -0.2) is 62.6 Å². The van der Waals surface area contributed by atoms with Crippen molar-refractivity contribution in [2.75, 3.05) is 26.2 Å². The molecule has 2 heterocycles. The molecule has 1 fully saturated rings. The van der Waals surface area contributed by atoms with E-state index in [9.17, 15) is 23.9 Å². The van der Waals surface area contributed by atoms with E-state index in [4.69, 9.17) is 11.6 Å². The molecule has 156 valence electrons. The van der Waals surface area contributed by atoms with E-state index in [0.717, 1.165) is 10.9 Å². The highest BCUT2D eigenvalue weighted by Crippen LogP contribution is 2.32. The second-order valence-corrected chi connectivity index (χ2v) is 9.13. The zero-order chi connectivity index (χ0) is 21.5. The average molecular weight is 448 g/mol. The quantitative estimate of drug-likeness (QED) is 0.533. The minimum absolute atomic E-state index is 0.130. The van der Waals surface area contributed by atoms with Gasteiger partial charge in [0.25, 0.3) is 11.8 Å². The summed E-state index contributed by atoms with van der Waals surface area (Å²) in [5.41, 5.74) is 1.65. The minimum Gasteiger partial charge on any atom is -0.351 e. The molecule has 30 heavy (non-hydrogen) atoms. The maximum Gasteiger partial charge on any atom is 0.356 e. The number of amides is 2. The number of carbonyl (C=O) groups excluding carboxylic acids is 2. The predicted molar refractivity (Wildman–Crippen MR) is 113 cm³/mol. The molecule has 2 aromatic carbocycles. The first-order valence-corrected chi connectivity index (χ1v) is 11.2. The van der Waals surface area contributed by atoms with E-state index in [1.165, 1.54) is 24.3 Å². The number of nitrogens with zero attached hydrogens (tertiary/aromatic N) is 2. The Morgan fingerprint density at radius 2 is 1.50 bits per heavy atom. The largest absolute Gasteiger partial charge is 0.356 e.